The number of alkyl halides is 2. The van der Waals surface area contributed by atoms with E-state index in [2.05, 4.69) is 14.6 Å². The van der Waals surface area contributed by atoms with Gasteiger partial charge in [-0.3, -0.25) is 13.9 Å². The highest BCUT2D eigenvalue weighted by Gasteiger charge is 2.35. The van der Waals surface area contributed by atoms with E-state index in [-0.39, 0.29) is 23.6 Å². The lowest BCUT2D eigenvalue weighted by Crippen LogP contribution is -2.50. The Bertz CT molecular complexity index is 2030. The second kappa shape index (κ2) is 13.8. The molecule has 1 aromatic carbocycles. The van der Waals surface area contributed by atoms with Gasteiger partial charge in [-0.05, 0) is 69.0 Å². The molecule has 13 nitrogen and oxygen atoms in total. The van der Waals surface area contributed by atoms with Gasteiger partial charge in [-0.2, -0.15) is 5.10 Å². The van der Waals surface area contributed by atoms with Gasteiger partial charge in [0.15, 0.2) is 5.82 Å². The highest BCUT2D eigenvalue weighted by atomic mass is 19.3. The van der Waals surface area contributed by atoms with Crippen LogP contribution in [0.2, 0.25) is 0 Å². The third-order valence-electron chi connectivity index (χ3n) is 10.6. The zero-order valence-corrected chi connectivity index (χ0v) is 30.7. The van der Waals surface area contributed by atoms with E-state index in [9.17, 15) is 9.59 Å². The van der Waals surface area contributed by atoms with E-state index in [1.54, 1.807) is 24.1 Å². The van der Waals surface area contributed by atoms with Crippen molar-refractivity contribution in [3.8, 4) is 16.9 Å². The standard InChI is InChI=1S/C38H46F2N8O5/c1-24(49)45-9-6-30-29(23-45)36(42-48(30)26-7-16-51-17-8-26)46-15-18-52-32-21-27(28(35(39)40)20-31(32)46)25-5-10-47-33(19-25)41-22-34(47)43-11-13-44(14-12-43)37(50)53-38(2,3)4/h5,10,19-22,26,35H,6-9,11-18,23H2,1-4H3. The van der Waals surface area contributed by atoms with Gasteiger partial charge in [0, 0.05) is 82.3 Å². The molecular formula is C38H46F2N8O5. The van der Waals surface area contributed by atoms with Crippen molar-refractivity contribution >= 4 is 35.0 Å². The summed E-state index contributed by atoms with van der Waals surface area (Å²) in [5, 5.41) is 5.15. The summed E-state index contributed by atoms with van der Waals surface area (Å²) in [6, 6.07) is 7.06. The minimum Gasteiger partial charge on any atom is -0.490 e. The largest absolute Gasteiger partial charge is 0.490 e. The molecule has 15 heteroatoms. The number of piperazine rings is 1. The number of hydrogen-bond donors (Lipinski definition) is 0. The van der Waals surface area contributed by atoms with Crippen molar-refractivity contribution in [1.29, 1.82) is 0 Å². The molecule has 0 atom stereocenters. The molecule has 7 heterocycles. The van der Waals surface area contributed by atoms with Gasteiger partial charge in [0.2, 0.25) is 5.91 Å². The Labute approximate surface area is 307 Å². The van der Waals surface area contributed by atoms with Crippen molar-refractivity contribution in [3.05, 3.63) is 53.5 Å². The topological polar surface area (TPSA) is 110 Å². The lowest BCUT2D eigenvalue weighted by Gasteiger charge is -2.36. The van der Waals surface area contributed by atoms with Gasteiger partial charge in [-0.25, -0.2) is 18.6 Å². The second-order valence-corrected chi connectivity index (χ2v) is 15.1. The molecule has 8 rings (SSSR count). The lowest BCUT2D eigenvalue weighted by molar-refractivity contribution is -0.129. The fraction of sp³-hybridized carbons (Fsp3) is 0.526. The Morgan fingerprint density at radius 2 is 1.75 bits per heavy atom. The van der Waals surface area contributed by atoms with E-state index in [1.165, 1.54) is 6.07 Å². The number of aromatic nitrogens is 4. The molecule has 4 aliphatic heterocycles. The predicted octanol–water partition coefficient (Wildman–Crippen LogP) is 5.98. The second-order valence-electron chi connectivity index (χ2n) is 15.1. The summed E-state index contributed by atoms with van der Waals surface area (Å²) in [6.45, 7) is 12.5. The van der Waals surface area contributed by atoms with E-state index < -0.39 is 12.0 Å². The van der Waals surface area contributed by atoms with E-state index in [1.807, 2.05) is 53.3 Å². The van der Waals surface area contributed by atoms with Crippen LogP contribution in [0.5, 0.6) is 5.75 Å². The fourth-order valence-corrected chi connectivity index (χ4v) is 7.89. The SMILES string of the molecule is CC(=O)N1CCc2c(c(N3CCOc4cc(-c5ccn6c(N7CCN(C(=O)OC(C)(C)C)CC7)cnc6c5)c(C(F)F)cc43)nn2C2CCOCC2)C1. The average molecular weight is 733 g/mol. The number of amides is 2. The number of carbonyl (C=O) groups excluding carboxylic acids is 2. The lowest BCUT2D eigenvalue weighted by atomic mass is 9.98. The van der Waals surface area contributed by atoms with Crippen molar-refractivity contribution in [1.82, 2.24) is 29.0 Å². The van der Waals surface area contributed by atoms with Gasteiger partial charge in [0.05, 0.1) is 31.0 Å². The molecule has 2 fully saturated rings. The van der Waals surface area contributed by atoms with Gasteiger partial charge in [-0.1, -0.05) is 0 Å². The molecule has 4 aliphatic rings. The van der Waals surface area contributed by atoms with E-state index in [4.69, 9.17) is 19.3 Å². The molecule has 282 valence electrons. The first-order valence-electron chi connectivity index (χ1n) is 18.5. The summed E-state index contributed by atoms with van der Waals surface area (Å²) in [5.41, 5.74) is 3.50. The highest BCUT2D eigenvalue weighted by Crippen LogP contribution is 2.46. The average Bonchev–Trinajstić information content (AvgIpc) is 3.75. The van der Waals surface area contributed by atoms with Crippen molar-refractivity contribution < 1.29 is 32.6 Å². The summed E-state index contributed by atoms with van der Waals surface area (Å²) in [6.07, 6.45) is 2.91. The first kappa shape index (κ1) is 35.1. The maximum absolute atomic E-state index is 15.0. The molecule has 0 unspecified atom stereocenters. The molecule has 0 spiro atoms. The summed E-state index contributed by atoms with van der Waals surface area (Å²) in [5.74, 6) is 2.04. The van der Waals surface area contributed by atoms with Gasteiger partial charge < -0.3 is 33.8 Å². The minimum atomic E-state index is -2.76. The Balaban J connectivity index is 1.10. The van der Waals surface area contributed by atoms with E-state index in [0.717, 1.165) is 29.9 Å². The number of pyridine rings is 1. The summed E-state index contributed by atoms with van der Waals surface area (Å²) in [7, 11) is 0. The molecule has 0 bridgehead atoms. The van der Waals surface area contributed by atoms with E-state index >= 15 is 8.78 Å². The van der Waals surface area contributed by atoms with Crippen LogP contribution in [0.1, 0.15) is 69.8 Å². The van der Waals surface area contributed by atoms with Gasteiger partial charge in [-0.15, -0.1) is 0 Å². The van der Waals surface area contributed by atoms with Crippen molar-refractivity contribution in [3.63, 3.8) is 0 Å². The van der Waals surface area contributed by atoms with Crippen molar-refractivity contribution in [2.24, 2.45) is 0 Å². The minimum absolute atomic E-state index is 0.00485. The molecule has 3 aromatic heterocycles. The number of anilines is 3. The Morgan fingerprint density at radius 1 is 0.981 bits per heavy atom. The maximum atomic E-state index is 15.0. The zero-order chi connectivity index (χ0) is 37.0. The van der Waals surface area contributed by atoms with Crippen LogP contribution in [0.3, 0.4) is 0 Å². The smallest absolute Gasteiger partial charge is 0.410 e. The first-order chi connectivity index (χ1) is 25.4. The Morgan fingerprint density at radius 3 is 2.47 bits per heavy atom. The molecule has 0 N–H and O–H groups in total. The Kier molecular flexibility index (Phi) is 9.15. The molecule has 2 amide bonds. The number of carbonyl (C=O) groups is 2. The summed E-state index contributed by atoms with van der Waals surface area (Å²) < 4.78 is 51.4. The fourth-order valence-electron chi connectivity index (χ4n) is 7.89. The van der Waals surface area contributed by atoms with Crippen LogP contribution >= 0.6 is 0 Å². The van der Waals surface area contributed by atoms with Gasteiger partial charge >= 0.3 is 6.09 Å². The molecule has 4 aromatic rings. The number of rotatable bonds is 5. The quantitative estimate of drug-likeness (QED) is 0.245. The Hall–Kier alpha value is -4.92. The maximum Gasteiger partial charge on any atom is 0.410 e. The molecule has 0 aliphatic carbocycles. The van der Waals surface area contributed by atoms with Crippen LogP contribution in [0.25, 0.3) is 16.8 Å². The number of halogens is 2. The van der Waals surface area contributed by atoms with Crippen LogP contribution in [0, 0.1) is 0 Å². The number of benzene rings is 1. The van der Waals surface area contributed by atoms with Crippen LogP contribution in [-0.2, 0) is 27.2 Å². The van der Waals surface area contributed by atoms with Crippen molar-refractivity contribution in [2.45, 2.75) is 71.6 Å². The summed E-state index contributed by atoms with van der Waals surface area (Å²) >= 11 is 0. The predicted molar refractivity (Wildman–Crippen MR) is 194 cm³/mol. The normalized spacial score (nSPS) is 18.3. The van der Waals surface area contributed by atoms with Crippen LogP contribution < -0.4 is 14.5 Å². The van der Waals surface area contributed by atoms with Gasteiger partial charge in [0.1, 0.15) is 29.4 Å². The zero-order valence-electron chi connectivity index (χ0n) is 30.7. The van der Waals surface area contributed by atoms with Crippen LogP contribution in [0.4, 0.5) is 30.9 Å². The van der Waals surface area contributed by atoms with Crippen LogP contribution in [-0.4, -0.2) is 106 Å². The third kappa shape index (κ3) is 6.75. The number of ether oxygens (including phenoxy) is 3. The number of fused-ring (bicyclic) bond motifs is 3. The van der Waals surface area contributed by atoms with Crippen LogP contribution in [0.15, 0.2) is 36.7 Å². The number of imidazole rings is 1. The van der Waals surface area contributed by atoms with Gasteiger partial charge in [0.25, 0.3) is 6.43 Å². The molecule has 0 saturated carbocycles. The monoisotopic (exact) mass is 732 g/mol. The number of nitrogens with zero attached hydrogens (tertiary/aromatic N) is 8. The van der Waals surface area contributed by atoms with Crippen molar-refractivity contribution in [2.75, 3.05) is 68.9 Å². The highest BCUT2D eigenvalue weighted by molar-refractivity contribution is 5.81. The molecular weight excluding hydrogens is 686 g/mol. The summed E-state index contributed by atoms with van der Waals surface area (Å²) in [4.78, 5) is 37.4. The van der Waals surface area contributed by atoms with E-state index in [0.29, 0.717) is 106 Å². The third-order valence-corrected chi connectivity index (χ3v) is 10.6. The number of hydrogen-bond acceptors (Lipinski definition) is 9. The molecule has 53 heavy (non-hydrogen) atoms. The molecule has 0 radical (unpaired) electrons. The first-order valence-corrected chi connectivity index (χ1v) is 18.5. The molecule has 2 saturated heterocycles.